The highest BCUT2D eigenvalue weighted by atomic mass is 16.4. The minimum Gasteiger partial charge on any atom is -0.465 e. The molecule has 0 aromatic heterocycles. The fourth-order valence-electron chi connectivity index (χ4n) is 1.21. The summed E-state index contributed by atoms with van der Waals surface area (Å²) in [7, 11) is 1.35. The van der Waals surface area contributed by atoms with Crippen LogP contribution in [0.4, 0.5) is 4.79 Å². The van der Waals surface area contributed by atoms with Crippen LogP contribution in [0.3, 0.4) is 0 Å². The first-order valence-electron chi connectivity index (χ1n) is 6.09. The molecule has 0 aliphatic rings. The Kier molecular flexibility index (Phi) is 17.5. The third kappa shape index (κ3) is 24.6. The van der Waals surface area contributed by atoms with E-state index >= 15 is 0 Å². The van der Waals surface area contributed by atoms with E-state index in [9.17, 15) is 4.79 Å². The molecule has 0 aliphatic heterocycles. The molecule has 0 spiro atoms. The van der Waals surface area contributed by atoms with Crippen LogP contribution in [0.2, 0.25) is 0 Å². The van der Waals surface area contributed by atoms with Crippen molar-refractivity contribution in [2.24, 2.45) is 0 Å². The number of unbranched alkanes of at least 4 members (excludes halogenated alkanes) is 7. The van der Waals surface area contributed by atoms with Gasteiger partial charge in [0.2, 0.25) is 0 Å². The summed E-state index contributed by atoms with van der Waals surface area (Å²) in [6.07, 6.45) is 10.5. The molecule has 2 N–H and O–H groups in total. The van der Waals surface area contributed by atoms with Crippen LogP contribution in [0.5, 0.6) is 0 Å². The maximum Gasteiger partial charge on any atom is 0.404 e. The number of hydrogen-bond donors (Lipinski definition) is 2. The molecule has 0 saturated heterocycles. The maximum absolute atomic E-state index is 9.26. The number of nitrogens with one attached hydrogen (secondary N) is 1. The van der Waals surface area contributed by atoms with Crippen molar-refractivity contribution in [3.63, 3.8) is 0 Å². The van der Waals surface area contributed by atoms with Crippen molar-refractivity contribution in [2.75, 3.05) is 7.05 Å². The normalized spacial score (nSPS) is 9.00. The third-order valence-corrected chi connectivity index (χ3v) is 2.17. The SMILES string of the molecule is CCCCCCCCCC.CNC(=O)O. The molecular weight excluding hydrogens is 190 g/mol. The first kappa shape index (κ1) is 16.7. The number of carbonyl (C=O) groups is 1. The summed E-state index contributed by atoms with van der Waals surface area (Å²) in [5.74, 6) is 0. The van der Waals surface area contributed by atoms with Gasteiger partial charge in [-0.15, -0.1) is 0 Å². The molecule has 0 radical (unpaired) electrons. The highest BCUT2D eigenvalue weighted by molar-refractivity contribution is 5.63. The van der Waals surface area contributed by atoms with Crippen LogP contribution < -0.4 is 5.32 Å². The lowest BCUT2D eigenvalue weighted by Crippen LogP contribution is -2.13. The Balaban J connectivity index is 0. The van der Waals surface area contributed by atoms with Crippen LogP contribution in [0, 0.1) is 0 Å². The second-order valence-electron chi connectivity index (χ2n) is 3.68. The smallest absolute Gasteiger partial charge is 0.404 e. The van der Waals surface area contributed by atoms with Gasteiger partial charge < -0.3 is 10.4 Å². The van der Waals surface area contributed by atoms with Gasteiger partial charge in [-0.3, -0.25) is 0 Å². The Morgan fingerprint density at radius 1 is 0.933 bits per heavy atom. The van der Waals surface area contributed by atoms with Gasteiger partial charge in [-0.1, -0.05) is 65.2 Å². The molecule has 0 heterocycles. The minimum atomic E-state index is -0.995. The summed E-state index contributed by atoms with van der Waals surface area (Å²) in [6, 6.07) is 0. The summed E-state index contributed by atoms with van der Waals surface area (Å²) in [6.45, 7) is 4.54. The Morgan fingerprint density at radius 3 is 1.40 bits per heavy atom. The number of amides is 1. The first-order valence-corrected chi connectivity index (χ1v) is 6.09. The molecular formula is C12H27NO2. The Bertz CT molecular complexity index is 119. The van der Waals surface area contributed by atoms with Crippen LogP contribution in [0.15, 0.2) is 0 Å². The molecule has 92 valence electrons. The highest BCUT2D eigenvalue weighted by Gasteiger charge is 1.87. The summed E-state index contributed by atoms with van der Waals surface area (Å²) in [4.78, 5) is 9.26. The Morgan fingerprint density at radius 2 is 1.20 bits per heavy atom. The zero-order valence-corrected chi connectivity index (χ0v) is 10.5. The van der Waals surface area contributed by atoms with E-state index in [1.807, 2.05) is 5.32 Å². The van der Waals surface area contributed by atoms with Gasteiger partial charge in [-0.05, 0) is 0 Å². The van der Waals surface area contributed by atoms with Crippen LogP contribution in [-0.4, -0.2) is 18.2 Å². The monoisotopic (exact) mass is 217 g/mol. The second-order valence-corrected chi connectivity index (χ2v) is 3.68. The van der Waals surface area contributed by atoms with Gasteiger partial charge in [0.05, 0.1) is 0 Å². The van der Waals surface area contributed by atoms with E-state index in [2.05, 4.69) is 13.8 Å². The Labute approximate surface area is 94.3 Å². The van der Waals surface area contributed by atoms with Crippen molar-refractivity contribution >= 4 is 6.09 Å². The predicted octanol–water partition coefficient (Wildman–Crippen LogP) is 4.03. The zero-order valence-electron chi connectivity index (χ0n) is 10.5. The van der Waals surface area contributed by atoms with Gasteiger partial charge in [0.1, 0.15) is 0 Å². The van der Waals surface area contributed by atoms with Gasteiger partial charge in [-0.25, -0.2) is 4.79 Å². The van der Waals surface area contributed by atoms with Crippen LogP contribution in [0.25, 0.3) is 0 Å². The van der Waals surface area contributed by atoms with Crippen molar-refractivity contribution in [1.82, 2.24) is 5.32 Å². The molecule has 3 heteroatoms. The van der Waals surface area contributed by atoms with Crippen molar-refractivity contribution < 1.29 is 9.90 Å². The predicted molar refractivity (Wildman–Crippen MR) is 65.4 cm³/mol. The number of rotatable bonds is 7. The molecule has 0 atom stereocenters. The molecule has 1 amide bonds. The van der Waals surface area contributed by atoms with E-state index in [-0.39, 0.29) is 0 Å². The largest absolute Gasteiger partial charge is 0.465 e. The molecule has 0 fully saturated rings. The number of hydrogen-bond acceptors (Lipinski definition) is 1. The van der Waals surface area contributed by atoms with E-state index in [1.165, 1.54) is 58.4 Å². The molecule has 0 saturated carbocycles. The fourth-order valence-corrected chi connectivity index (χ4v) is 1.21. The van der Waals surface area contributed by atoms with Crippen LogP contribution in [0.1, 0.15) is 65.2 Å². The molecule has 0 aromatic carbocycles. The lowest BCUT2D eigenvalue weighted by atomic mass is 10.1. The summed E-state index contributed by atoms with van der Waals surface area (Å²) in [5, 5.41) is 9.56. The Hall–Kier alpha value is -0.730. The molecule has 0 aromatic rings. The number of carboxylic acid groups (broad SMARTS) is 1. The van der Waals surface area contributed by atoms with Crippen LogP contribution in [-0.2, 0) is 0 Å². The molecule has 3 nitrogen and oxygen atoms in total. The molecule has 15 heavy (non-hydrogen) atoms. The summed E-state index contributed by atoms with van der Waals surface area (Å²) < 4.78 is 0. The standard InChI is InChI=1S/C10H22.C2H5NO2/c1-3-5-7-9-10-8-6-4-2;1-3-2(4)5/h3-10H2,1-2H3;3H,1H3,(H,4,5). The van der Waals surface area contributed by atoms with Crippen molar-refractivity contribution in [2.45, 2.75) is 65.2 Å². The van der Waals surface area contributed by atoms with Gasteiger partial charge in [0.25, 0.3) is 0 Å². The summed E-state index contributed by atoms with van der Waals surface area (Å²) in [5.41, 5.74) is 0. The topological polar surface area (TPSA) is 49.3 Å². The van der Waals surface area contributed by atoms with Gasteiger partial charge in [0.15, 0.2) is 0 Å². The highest BCUT2D eigenvalue weighted by Crippen LogP contribution is 2.07. The lowest BCUT2D eigenvalue weighted by molar-refractivity contribution is 0.197. The van der Waals surface area contributed by atoms with Crippen molar-refractivity contribution in [3.8, 4) is 0 Å². The average molecular weight is 217 g/mol. The first-order chi connectivity index (χ1) is 7.18. The summed E-state index contributed by atoms with van der Waals surface area (Å²) >= 11 is 0. The second kappa shape index (κ2) is 15.7. The van der Waals surface area contributed by atoms with E-state index in [1.54, 1.807) is 0 Å². The van der Waals surface area contributed by atoms with Crippen molar-refractivity contribution in [3.05, 3.63) is 0 Å². The quantitative estimate of drug-likeness (QED) is 0.632. The molecule has 0 aliphatic carbocycles. The average Bonchev–Trinajstić information content (AvgIpc) is 2.24. The maximum atomic E-state index is 9.26. The molecule has 0 unspecified atom stereocenters. The lowest BCUT2D eigenvalue weighted by Gasteiger charge is -1.97. The van der Waals surface area contributed by atoms with Crippen molar-refractivity contribution in [1.29, 1.82) is 0 Å². The van der Waals surface area contributed by atoms with Crippen LogP contribution >= 0.6 is 0 Å². The fraction of sp³-hybridized carbons (Fsp3) is 0.917. The zero-order chi connectivity index (χ0) is 11.9. The van der Waals surface area contributed by atoms with Gasteiger partial charge in [0, 0.05) is 7.05 Å². The molecule has 0 bridgehead atoms. The van der Waals surface area contributed by atoms with E-state index < -0.39 is 6.09 Å². The molecule has 0 rings (SSSR count). The van der Waals surface area contributed by atoms with E-state index in [0.29, 0.717) is 0 Å². The minimum absolute atomic E-state index is 0.995. The third-order valence-electron chi connectivity index (χ3n) is 2.17. The van der Waals surface area contributed by atoms with Gasteiger partial charge in [-0.2, -0.15) is 0 Å². The van der Waals surface area contributed by atoms with E-state index in [0.717, 1.165) is 0 Å². The van der Waals surface area contributed by atoms with Gasteiger partial charge >= 0.3 is 6.09 Å². The van der Waals surface area contributed by atoms with E-state index in [4.69, 9.17) is 5.11 Å².